The molecule has 6 nitrogen and oxygen atoms in total. The molecule has 1 saturated heterocycles. The second-order valence-electron chi connectivity index (χ2n) is 7.20. The molecular weight excluding hydrogens is 386 g/mol. The van der Waals surface area contributed by atoms with Gasteiger partial charge in [-0.1, -0.05) is 37.3 Å². The van der Waals surface area contributed by atoms with Gasteiger partial charge in [-0.3, -0.25) is 4.90 Å². The number of nitrogens with zero attached hydrogens (tertiary/aromatic N) is 2. The van der Waals surface area contributed by atoms with Crippen molar-refractivity contribution in [2.75, 3.05) is 19.6 Å². The van der Waals surface area contributed by atoms with Crippen molar-refractivity contribution in [1.82, 2.24) is 14.6 Å². The zero-order valence-corrected chi connectivity index (χ0v) is 17.2. The molecule has 4 rings (SSSR count). The van der Waals surface area contributed by atoms with Crippen LogP contribution in [-0.2, 0) is 10.0 Å². The number of sulfonamides is 1. The van der Waals surface area contributed by atoms with Crippen LogP contribution in [0.5, 0.6) is 0 Å². The van der Waals surface area contributed by atoms with Crippen LogP contribution in [0, 0.1) is 0 Å². The van der Waals surface area contributed by atoms with Crippen molar-refractivity contribution in [1.29, 1.82) is 0 Å². The second kappa shape index (κ2) is 8.49. The fraction of sp³-hybridized carbons (Fsp3) is 0.318. The quantitative estimate of drug-likeness (QED) is 0.640. The van der Waals surface area contributed by atoms with Crippen molar-refractivity contribution in [2.24, 2.45) is 0 Å². The molecule has 1 fully saturated rings. The number of hydrogen-bond donors (Lipinski definition) is 1. The molecule has 1 N–H and O–H groups in total. The number of oxazole rings is 1. The van der Waals surface area contributed by atoms with Gasteiger partial charge in [0.25, 0.3) is 0 Å². The average Bonchev–Trinajstić information content (AvgIpc) is 3.42. The summed E-state index contributed by atoms with van der Waals surface area (Å²) in [5.74, 6) is 1.14. The summed E-state index contributed by atoms with van der Waals surface area (Å²) in [6.45, 7) is 4.54. The van der Waals surface area contributed by atoms with Crippen molar-refractivity contribution in [3.63, 3.8) is 0 Å². The van der Waals surface area contributed by atoms with Crippen molar-refractivity contribution in [3.8, 4) is 22.8 Å². The van der Waals surface area contributed by atoms with E-state index in [0.717, 1.165) is 37.1 Å². The lowest BCUT2D eigenvalue weighted by molar-refractivity contribution is 0.268. The Bertz CT molecular complexity index is 1050. The van der Waals surface area contributed by atoms with E-state index in [4.69, 9.17) is 4.42 Å². The number of likely N-dealkylation sites (N-methyl/N-ethyl adjacent to an activating group) is 1. The lowest BCUT2D eigenvalue weighted by atomic mass is 10.2. The molecule has 1 aliphatic rings. The maximum Gasteiger partial charge on any atom is 0.240 e. The molecule has 2 aromatic carbocycles. The molecule has 1 aromatic heterocycles. The van der Waals surface area contributed by atoms with Crippen LogP contribution in [0.1, 0.15) is 19.8 Å². The first-order chi connectivity index (χ1) is 14.1. The Morgan fingerprint density at radius 1 is 1.10 bits per heavy atom. The summed E-state index contributed by atoms with van der Waals surface area (Å²) in [4.78, 5) is 6.89. The third-order valence-corrected chi connectivity index (χ3v) is 6.83. The fourth-order valence-corrected chi connectivity index (χ4v) is 4.82. The Morgan fingerprint density at radius 3 is 2.59 bits per heavy atom. The van der Waals surface area contributed by atoms with E-state index in [9.17, 15) is 8.42 Å². The van der Waals surface area contributed by atoms with Gasteiger partial charge in [-0.25, -0.2) is 18.1 Å². The third kappa shape index (κ3) is 4.42. The number of hydrogen-bond acceptors (Lipinski definition) is 5. The summed E-state index contributed by atoms with van der Waals surface area (Å²) in [6.07, 6.45) is 3.83. The highest BCUT2D eigenvalue weighted by Crippen LogP contribution is 2.26. The maximum absolute atomic E-state index is 12.7. The van der Waals surface area contributed by atoms with Crippen LogP contribution >= 0.6 is 0 Å². The molecule has 1 unspecified atom stereocenters. The van der Waals surface area contributed by atoms with Crippen LogP contribution in [-0.4, -0.2) is 44.0 Å². The number of likely N-dealkylation sites (tertiary alicyclic amines) is 1. The number of benzene rings is 2. The van der Waals surface area contributed by atoms with Gasteiger partial charge in [0.15, 0.2) is 5.76 Å². The number of nitrogens with one attached hydrogen (secondary N) is 1. The van der Waals surface area contributed by atoms with Crippen LogP contribution in [0.15, 0.2) is 70.1 Å². The van der Waals surface area contributed by atoms with Crippen LogP contribution < -0.4 is 4.72 Å². The summed E-state index contributed by atoms with van der Waals surface area (Å²) in [5, 5.41) is 0. The molecule has 29 heavy (non-hydrogen) atoms. The van der Waals surface area contributed by atoms with Gasteiger partial charge in [-0.05, 0) is 50.2 Å². The molecule has 3 aromatic rings. The predicted octanol–water partition coefficient (Wildman–Crippen LogP) is 3.77. The van der Waals surface area contributed by atoms with E-state index >= 15 is 0 Å². The molecule has 0 amide bonds. The minimum Gasteiger partial charge on any atom is -0.436 e. The summed E-state index contributed by atoms with van der Waals surface area (Å²) in [6, 6.07) is 16.6. The maximum atomic E-state index is 12.7. The first-order valence-corrected chi connectivity index (χ1v) is 11.4. The minimum absolute atomic E-state index is 0.247. The van der Waals surface area contributed by atoms with Gasteiger partial charge < -0.3 is 4.42 Å². The highest BCUT2D eigenvalue weighted by molar-refractivity contribution is 7.89. The molecule has 0 saturated carbocycles. The molecule has 1 atom stereocenters. The van der Waals surface area contributed by atoms with E-state index in [2.05, 4.69) is 21.5 Å². The summed E-state index contributed by atoms with van der Waals surface area (Å²) < 4.78 is 33.9. The zero-order valence-electron chi connectivity index (χ0n) is 16.4. The smallest absolute Gasteiger partial charge is 0.240 e. The van der Waals surface area contributed by atoms with Gasteiger partial charge in [-0.15, -0.1) is 0 Å². The lowest BCUT2D eigenvalue weighted by Crippen LogP contribution is -2.39. The Morgan fingerprint density at radius 2 is 1.86 bits per heavy atom. The lowest BCUT2D eigenvalue weighted by Gasteiger charge is -2.22. The Hall–Kier alpha value is -2.48. The van der Waals surface area contributed by atoms with Gasteiger partial charge in [0, 0.05) is 23.7 Å². The second-order valence-corrected chi connectivity index (χ2v) is 8.96. The van der Waals surface area contributed by atoms with Crippen LogP contribution in [0.25, 0.3) is 22.8 Å². The van der Waals surface area contributed by atoms with Gasteiger partial charge in [0.2, 0.25) is 15.9 Å². The van der Waals surface area contributed by atoms with E-state index in [0.29, 0.717) is 18.2 Å². The Kier molecular flexibility index (Phi) is 5.80. The topological polar surface area (TPSA) is 75.4 Å². The Labute approximate surface area is 171 Å². The molecule has 152 valence electrons. The first kappa shape index (κ1) is 19.8. The zero-order chi connectivity index (χ0) is 20.3. The SMILES string of the molecule is CCN1CCCC1CNS(=O)(=O)c1ccc(-c2ncc(-c3ccccc3)o2)cc1. The Balaban J connectivity index is 1.45. The van der Waals surface area contributed by atoms with Gasteiger partial charge in [0.05, 0.1) is 11.1 Å². The van der Waals surface area contributed by atoms with E-state index in [1.807, 2.05) is 30.3 Å². The van der Waals surface area contributed by atoms with Gasteiger partial charge >= 0.3 is 0 Å². The predicted molar refractivity (Wildman–Crippen MR) is 113 cm³/mol. The van der Waals surface area contributed by atoms with E-state index < -0.39 is 10.0 Å². The minimum atomic E-state index is -3.54. The molecular formula is C22H25N3O3S. The van der Waals surface area contributed by atoms with Crippen molar-refractivity contribution in [3.05, 3.63) is 60.8 Å². The first-order valence-electron chi connectivity index (χ1n) is 9.92. The van der Waals surface area contributed by atoms with Crippen molar-refractivity contribution >= 4 is 10.0 Å². The van der Waals surface area contributed by atoms with Gasteiger partial charge in [-0.2, -0.15) is 0 Å². The van der Waals surface area contributed by atoms with Crippen LogP contribution in [0.3, 0.4) is 0 Å². The van der Waals surface area contributed by atoms with Crippen molar-refractivity contribution in [2.45, 2.75) is 30.7 Å². The van der Waals surface area contributed by atoms with E-state index in [-0.39, 0.29) is 10.9 Å². The average molecular weight is 412 g/mol. The molecule has 1 aliphatic heterocycles. The normalized spacial score (nSPS) is 17.6. The number of aromatic nitrogens is 1. The molecule has 7 heteroatoms. The third-order valence-electron chi connectivity index (χ3n) is 5.39. The highest BCUT2D eigenvalue weighted by Gasteiger charge is 2.25. The van der Waals surface area contributed by atoms with Crippen molar-refractivity contribution < 1.29 is 12.8 Å². The number of rotatable bonds is 7. The fourth-order valence-electron chi connectivity index (χ4n) is 3.75. The van der Waals surface area contributed by atoms with E-state index in [1.165, 1.54) is 0 Å². The molecule has 0 spiro atoms. The largest absolute Gasteiger partial charge is 0.436 e. The monoisotopic (exact) mass is 411 g/mol. The van der Waals surface area contributed by atoms with Crippen LogP contribution in [0.2, 0.25) is 0 Å². The summed E-state index contributed by atoms with van der Waals surface area (Å²) in [5.41, 5.74) is 1.68. The van der Waals surface area contributed by atoms with Crippen LogP contribution in [0.4, 0.5) is 0 Å². The summed E-state index contributed by atoms with van der Waals surface area (Å²) in [7, 11) is -3.54. The summed E-state index contributed by atoms with van der Waals surface area (Å²) >= 11 is 0. The molecule has 0 aliphatic carbocycles. The highest BCUT2D eigenvalue weighted by atomic mass is 32.2. The standard InChI is InChI=1S/C22H25N3O3S/c1-2-25-14-6-9-19(25)15-24-29(26,27)20-12-10-18(11-13-20)22-23-16-21(28-22)17-7-4-3-5-8-17/h3-5,7-8,10-13,16,19,24H,2,6,9,14-15H2,1H3. The molecule has 0 bridgehead atoms. The molecule has 0 radical (unpaired) electrons. The van der Waals surface area contributed by atoms with E-state index in [1.54, 1.807) is 30.5 Å². The molecule has 2 heterocycles. The van der Waals surface area contributed by atoms with Gasteiger partial charge in [0.1, 0.15) is 0 Å².